The number of ether oxygens (including phenoxy) is 1. The van der Waals surface area contributed by atoms with Gasteiger partial charge in [0.25, 0.3) is 10.2 Å². The highest BCUT2D eigenvalue weighted by Crippen LogP contribution is 2.32. The minimum atomic E-state index is -3.37. The molecule has 0 aromatic carbocycles. The zero-order valence-corrected chi connectivity index (χ0v) is 14.0. The average molecular weight is 337 g/mol. The van der Waals surface area contributed by atoms with Gasteiger partial charge in [-0.1, -0.05) is 12.8 Å². The maximum absolute atomic E-state index is 13.0. The molecule has 3 fully saturated rings. The predicted molar refractivity (Wildman–Crippen MR) is 82.6 cm³/mol. The third-order valence-electron chi connectivity index (χ3n) is 5.00. The summed E-state index contributed by atoms with van der Waals surface area (Å²) in [7, 11) is -3.37. The number of alkyl halides is 1. The molecule has 3 rings (SSSR count). The summed E-state index contributed by atoms with van der Waals surface area (Å²) in [5.74, 6) is 0.833. The van der Waals surface area contributed by atoms with Crippen molar-refractivity contribution in [1.82, 2.24) is 8.61 Å². The van der Waals surface area contributed by atoms with Crippen LogP contribution in [0.4, 0.5) is 0 Å². The Hall–Kier alpha value is 0.120. The van der Waals surface area contributed by atoms with E-state index in [1.807, 2.05) is 0 Å². The Labute approximate surface area is 132 Å². The molecule has 0 aromatic rings. The Morgan fingerprint density at radius 3 is 2.71 bits per heavy atom. The van der Waals surface area contributed by atoms with Gasteiger partial charge < -0.3 is 4.74 Å². The van der Waals surface area contributed by atoms with Crippen molar-refractivity contribution in [2.45, 2.75) is 50.7 Å². The van der Waals surface area contributed by atoms with Gasteiger partial charge in [0, 0.05) is 25.5 Å². The van der Waals surface area contributed by atoms with Crippen LogP contribution in [-0.2, 0) is 14.9 Å². The summed E-state index contributed by atoms with van der Waals surface area (Å²) < 4.78 is 35.2. The van der Waals surface area contributed by atoms with Crippen LogP contribution in [0.5, 0.6) is 0 Å². The van der Waals surface area contributed by atoms with Gasteiger partial charge in [0.1, 0.15) is 0 Å². The van der Waals surface area contributed by atoms with Crippen molar-refractivity contribution in [3.05, 3.63) is 0 Å². The summed E-state index contributed by atoms with van der Waals surface area (Å²) in [6.45, 7) is 2.21. The lowest BCUT2D eigenvalue weighted by Gasteiger charge is -2.45. The Morgan fingerprint density at radius 1 is 1.10 bits per heavy atom. The molecule has 1 aliphatic carbocycles. The molecule has 21 heavy (non-hydrogen) atoms. The largest absolute Gasteiger partial charge is 0.375 e. The molecule has 3 aliphatic rings. The van der Waals surface area contributed by atoms with Crippen LogP contribution in [0, 0.1) is 5.92 Å². The van der Waals surface area contributed by atoms with Crippen molar-refractivity contribution in [3.63, 3.8) is 0 Å². The number of morpholine rings is 1. The zero-order valence-electron chi connectivity index (χ0n) is 12.4. The van der Waals surface area contributed by atoms with Crippen molar-refractivity contribution < 1.29 is 13.2 Å². The molecule has 0 spiro atoms. The molecular weight excluding hydrogens is 312 g/mol. The third kappa shape index (κ3) is 3.24. The SMILES string of the molecule is O=S(=O)(N1CCCC(CCl)C1)N1CCOC2CCCCC21. The first-order valence-corrected chi connectivity index (χ1v) is 10.0. The molecule has 2 heterocycles. The van der Waals surface area contributed by atoms with Gasteiger partial charge in [0.15, 0.2) is 0 Å². The highest BCUT2D eigenvalue weighted by molar-refractivity contribution is 7.86. The molecule has 2 aliphatic heterocycles. The van der Waals surface area contributed by atoms with Crippen molar-refractivity contribution in [2.24, 2.45) is 5.92 Å². The van der Waals surface area contributed by atoms with E-state index in [9.17, 15) is 8.42 Å². The molecule has 7 heteroatoms. The second-order valence-corrected chi connectivity index (χ2v) is 8.59. The summed E-state index contributed by atoms with van der Waals surface area (Å²) in [6.07, 6.45) is 6.20. The number of piperidine rings is 1. The fourth-order valence-electron chi connectivity index (χ4n) is 3.86. The van der Waals surface area contributed by atoms with Crippen molar-refractivity contribution in [2.75, 3.05) is 32.1 Å². The van der Waals surface area contributed by atoms with Crippen LogP contribution in [0.1, 0.15) is 38.5 Å². The van der Waals surface area contributed by atoms with Crippen LogP contribution in [0.3, 0.4) is 0 Å². The lowest BCUT2D eigenvalue weighted by molar-refractivity contribution is -0.0605. The molecule has 0 N–H and O–H groups in total. The van der Waals surface area contributed by atoms with E-state index >= 15 is 0 Å². The van der Waals surface area contributed by atoms with Gasteiger partial charge in [0.2, 0.25) is 0 Å². The molecule has 0 amide bonds. The standard InChI is InChI=1S/C14H25ClN2O3S/c15-10-12-4-3-7-16(11-12)21(18,19)17-8-9-20-14-6-2-1-5-13(14)17/h12-14H,1-11H2. The molecule has 1 saturated carbocycles. The molecule has 5 nitrogen and oxygen atoms in total. The number of hydrogen-bond acceptors (Lipinski definition) is 3. The number of fused-ring (bicyclic) bond motifs is 1. The smallest absolute Gasteiger partial charge is 0.282 e. The van der Waals surface area contributed by atoms with Crippen LogP contribution in [-0.4, -0.2) is 61.3 Å². The monoisotopic (exact) mass is 336 g/mol. The van der Waals surface area contributed by atoms with Crippen LogP contribution < -0.4 is 0 Å². The van der Waals surface area contributed by atoms with Gasteiger partial charge in [-0.15, -0.1) is 11.6 Å². The molecule has 122 valence electrons. The van der Waals surface area contributed by atoms with E-state index in [1.165, 1.54) is 0 Å². The van der Waals surface area contributed by atoms with E-state index in [1.54, 1.807) is 8.61 Å². The van der Waals surface area contributed by atoms with Crippen LogP contribution in [0.25, 0.3) is 0 Å². The minimum absolute atomic E-state index is 0.0360. The molecule has 3 unspecified atom stereocenters. The van der Waals surface area contributed by atoms with Crippen molar-refractivity contribution >= 4 is 21.8 Å². The Kier molecular flexibility index (Phi) is 5.11. The van der Waals surface area contributed by atoms with Gasteiger partial charge in [-0.3, -0.25) is 0 Å². The van der Waals surface area contributed by atoms with Gasteiger partial charge in [-0.2, -0.15) is 17.0 Å². The minimum Gasteiger partial charge on any atom is -0.375 e. The highest BCUT2D eigenvalue weighted by Gasteiger charge is 2.43. The fraction of sp³-hybridized carbons (Fsp3) is 1.00. The number of rotatable bonds is 3. The zero-order chi connectivity index (χ0) is 14.9. The van der Waals surface area contributed by atoms with Gasteiger partial charge in [0.05, 0.1) is 18.8 Å². The molecule has 3 atom stereocenters. The van der Waals surface area contributed by atoms with Crippen LogP contribution in [0.2, 0.25) is 0 Å². The van der Waals surface area contributed by atoms with Gasteiger partial charge >= 0.3 is 0 Å². The van der Waals surface area contributed by atoms with E-state index in [0.717, 1.165) is 38.5 Å². The Morgan fingerprint density at radius 2 is 1.90 bits per heavy atom. The van der Waals surface area contributed by atoms with Gasteiger partial charge in [-0.05, 0) is 31.6 Å². The topological polar surface area (TPSA) is 49.9 Å². The van der Waals surface area contributed by atoms with E-state index in [2.05, 4.69) is 0 Å². The summed E-state index contributed by atoms with van der Waals surface area (Å²) in [5, 5.41) is 0. The van der Waals surface area contributed by atoms with E-state index in [4.69, 9.17) is 16.3 Å². The van der Waals surface area contributed by atoms with Crippen LogP contribution in [0.15, 0.2) is 0 Å². The number of nitrogens with zero attached hydrogens (tertiary/aromatic N) is 2. The summed E-state index contributed by atoms with van der Waals surface area (Å²) in [5.41, 5.74) is 0. The van der Waals surface area contributed by atoms with Crippen molar-refractivity contribution in [3.8, 4) is 0 Å². The normalized spacial score (nSPS) is 36.3. The molecular formula is C14H25ClN2O3S. The first-order valence-electron chi connectivity index (χ1n) is 8.07. The lowest BCUT2D eigenvalue weighted by atomic mass is 9.91. The third-order valence-corrected chi connectivity index (χ3v) is 7.47. The summed E-state index contributed by atoms with van der Waals surface area (Å²) in [4.78, 5) is 0. The highest BCUT2D eigenvalue weighted by atomic mass is 35.5. The quantitative estimate of drug-likeness (QED) is 0.739. The Bertz CT molecular complexity index is 457. The second kappa shape index (κ2) is 6.71. The maximum atomic E-state index is 13.0. The Balaban J connectivity index is 1.76. The average Bonchev–Trinajstić information content (AvgIpc) is 2.54. The van der Waals surface area contributed by atoms with Crippen molar-refractivity contribution in [1.29, 1.82) is 0 Å². The van der Waals surface area contributed by atoms with E-state index in [0.29, 0.717) is 38.0 Å². The number of halogens is 1. The molecule has 0 bridgehead atoms. The van der Waals surface area contributed by atoms with E-state index < -0.39 is 10.2 Å². The maximum Gasteiger partial charge on any atom is 0.282 e. The summed E-state index contributed by atoms with van der Waals surface area (Å²) in [6, 6.07) is 0.0360. The first kappa shape index (κ1) is 16.0. The summed E-state index contributed by atoms with van der Waals surface area (Å²) >= 11 is 5.94. The van der Waals surface area contributed by atoms with Crippen LogP contribution >= 0.6 is 11.6 Å². The molecule has 0 radical (unpaired) electrons. The van der Waals surface area contributed by atoms with Gasteiger partial charge in [-0.25, -0.2) is 0 Å². The first-order chi connectivity index (χ1) is 10.1. The fourth-order valence-corrected chi connectivity index (χ4v) is 6.05. The second-order valence-electron chi connectivity index (χ2n) is 6.40. The number of hydrogen-bond donors (Lipinski definition) is 0. The lowest BCUT2D eigenvalue weighted by Crippen LogP contribution is -2.59. The molecule has 2 saturated heterocycles. The molecule has 0 aromatic heterocycles. The predicted octanol–water partition coefficient (Wildman–Crippen LogP) is 1.83. The van der Waals surface area contributed by atoms with E-state index in [-0.39, 0.29) is 12.1 Å².